The zero-order chi connectivity index (χ0) is 23.6. The van der Waals surface area contributed by atoms with Crippen LogP contribution in [0.3, 0.4) is 0 Å². The predicted molar refractivity (Wildman–Crippen MR) is 129 cm³/mol. The fourth-order valence-corrected chi connectivity index (χ4v) is 5.54. The Morgan fingerprint density at radius 2 is 1.73 bits per heavy atom. The molecule has 2 bridgehead atoms. The number of carbonyl (C=O) groups is 2. The Balaban J connectivity index is 1.43. The quantitative estimate of drug-likeness (QED) is 0.647. The van der Waals surface area contributed by atoms with Gasteiger partial charge in [0, 0.05) is 37.3 Å². The molecule has 2 saturated heterocycles. The molecule has 2 heterocycles. The van der Waals surface area contributed by atoms with Crippen LogP contribution in [-0.2, 0) is 11.3 Å². The van der Waals surface area contributed by atoms with E-state index in [1.807, 2.05) is 42.5 Å². The van der Waals surface area contributed by atoms with E-state index in [2.05, 4.69) is 11.0 Å². The van der Waals surface area contributed by atoms with Crippen LogP contribution in [0.5, 0.6) is 0 Å². The first-order valence-corrected chi connectivity index (χ1v) is 11.9. The van der Waals surface area contributed by atoms with Gasteiger partial charge in [-0.3, -0.25) is 14.5 Å². The third-order valence-electron chi connectivity index (χ3n) is 7.18. The number of piperidine rings is 1. The highest BCUT2D eigenvalue weighted by molar-refractivity contribution is 5.92. The Kier molecular flexibility index (Phi) is 6.86. The van der Waals surface area contributed by atoms with Crippen LogP contribution < -0.4 is 5.73 Å². The van der Waals surface area contributed by atoms with Crippen LogP contribution >= 0.6 is 0 Å². The number of rotatable bonds is 8. The van der Waals surface area contributed by atoms with E-state index in [9.17, 15) is 14.7 Å². The maximum absolute atomic E-state index is 13.0. The van der Waals surface area contributed by atoms with Gasteiger partial charge in [-0.1, -0.05) is 42.5 Å². The van der Waals surface area contributed by atoms with Crippen LogP contribution in [0.1, 0.15) is 66.9 Å². The molecular weight excluding hydrogens is 414 g/mol. The summed E-state index contributed by atoms with van der Waals surface area (Å²) in [4.78, 5) is 28.9. The fourth-order valence-electron chi connectivity index (χ4n) is 5.54. The van der Waals surface area contributed by atoms with E-state index in [1.165, 1.54) is 5.56 Å². The Labute approximate surface area is 196 Å². The zero-order valence-corrected chi connectivity index (χ0v) is 19.6. The van der Waals surface area contributed by atoms with Gasteiger partial charge in [0.1, 0.15) is 5.60 Å². The van der Waals surface area contributed by atoms with E-state index >= 15 is 0 Å². The molecule has 3 N–H and O–H groups in total. The second-order valence-electron chi connectivity index (χ2n) is 10.1. The molecule has 0 saturated carbocycles. The summed E-state index contributed by atoms with van der Waals surface area (Å²) in [5.41, 5.74) is 6.92. The maximum Gasteiger partial charge on any atom is 0.254 e. The maximum atomic E-state index is 13.0. The van der Waals surface area contributed by atoms with Crippen molar-refractivity contribution in [1.82, 2.24) is 9.80 Å². The number of carbonyl (C=O) groups excluding carboxylic acids is 2. The summed E-state index contributed by atoms with van der Waals surface area (Å²) in [6, 6.07) is 18.6. The minimum atomic E-state index is -1.40. The van der Waals surface area contributed by atoms with Gasteiger partial charge in [-0.05, 0) is 68.7 Å². The van der Waals surface area contributed by atoms with Crippen LogP contribution in [0.15, 0.2) is 54.6 Å². The van der Waals surface area contributed by atoms with Crippen molar-refractivity contribution in [3.05, 3.63) is 71.3 Å². The van der Waals surface area contributed by atoms with E-state index in [0.717, 1.165) is 37.8 Å². The molecule has 3 atom stereocenters. The first-order valence-electron chi connectivity index (χ1n) is 11.9. The highest BCUT2D eigenvalue weighted by Crippen LogP contribution is 2.43. The Bertz CT molecular complexity index is 972. The average Bonchev–Trinajstić information content (AvgIpc) is 3.02. The molecule has 2 aromatic rings. The van der Waals surface area contributed by atoms with Gasteiger partial charge >= 0.3 is 0 Å². The van der Waals surface area contributed by atoms with Crippen LogP contribution in [0.25, 0.3) is 0 Å². The number of nitrogens with two attached hydrogens (primary N) is 1. The lowest BCUT2D eigenvalue weighted by molar-refractivity contribution is -0.149. The third kappa shape index (κ3) is 5.45. The van der Waals surface area contributed by atoms with Gasteiger partial charge in [0.25, 0.3) is 5.91 Å². The fraction of sp³-hybridized carbons (Fsp3) is 0.481. The minimum absolute atomic E-state index is 0.239. The van der Waals surface area contributed by atoms with Gasteiger partial charge in [0.05, 0.1) is 0 Å². The Hall–Kier alpha value is -2.70. The number of primary amides is 1. The lowest BCUT2D eigenvalue weighted by Crippen LogP contribution is -2.50. The molecule has 2 aromatic carbocycles. The second kappa shape index (κ2) is 9.65. The highest BCUT2D eigenvalue weighted by Gasteiger charge is 2.41. The molecule has 0 radical (unpaired) electrons. The van der Waals surface area contributed by atoms with Crippen LogP contribution in [-0.4, -0.2) is 57.5 Å². The molecule has 0 aliphatic carbocycles. The van der Waals surface area contributed by atoms with Gasteiger partial charge in [0.15, 0.2) is 0 Å². The second-order valence-corrected chi connectivity index (χ2v) is 10.1. The zero-order valence-electron chi connectivity index (χ0n) is 19.6. The molecule has 2 aliphatic heterocycles. The molecular formula is C27H35N3O3. The molecule has 6 nitrogen and oxygen atoms in total. The summed E-state index contributed by atoms with van der Waals surface area (Å²) in [5, 5.41) is 10.4. The topological polar surface area (TPSA) is 86.9 Å². The van der Waals surface area contributed by atoms with E-state index in [1.54, 1.807) is 24.8 Å². The van der Waals surface area contributed by atoms with Crippen molar-refractivity contribution in [3.63, 3.8) is 0 Å². The molecule has 176 valence electrons. The molecule has 0 spiro atoms. The average molecular weight is 450 g/mol. The summed E-state index contributed by atoms with van der Waals surface area (Å²) in [6.45, 7) is 5.01. The number of aliphatic hydroxyl groups is 1. The van der Waals surface area contributed by atoms with Gasteiger partial charge < -0.3 is 15.7 Å². The van der Waals surface area contributed by atoms with Crippen molar-refractivity contribution < 1.29 is 14.7 Å². The van der Waals surface area contributed by atoms with E-state index in [0.29, 0.717) is 36.7 Å². The van der Waals surface area contributed by atoms with E-state index < -0.39 is 5.60 Å². The minimum Gasteiger partial charge on any atom is -0.381 e. The van der Waals surface area contributed by atoms with Crippen molar-refractivity contribution in [2.75, 3.05) is 13.1 Å². The van der Waals surface area contributed by atoms with Crippen molar-refractivity contribution >= 4 is 11.8 Å². The number of amides is 2. The summed E-state index contributed by atoms with van der Waals surface area (Å²) >= 11 is 0. The molecule has 2 amide bonds. The first-order chi connectivity index (χ1) is 15.7. The number of nitrogens with zero attached hydrogens (tertiary/aromatic N) is 2. The number of fused-ring (bicyclic) bond motifs is 2. The number of hydrogen-bond acceptors (Lipinski definition) is 4. The van der Waals surface area contributed by atoms with Gasteiger partial charge in [-0.2, -0.15) is 0 Å². The summed E-state index contributed by atoms with van der Waals surface area (Å²) < 4.78 is 0. The smallest absolute Gasteiger partial charge is 0.254 e. The van der Waals surface area contributed by atoms with Crippen LogP contribution in [0, 0.1) is 0 Å². The summed E-state index contributed by atoms with van der Waals surface area (Å²) in [7, 11) is 0. The summed E-state index contributed by atoms with van der Waals surface area (Å²) in [5.74, 6) is -0.194. The largest absolute Gasteiger partial charge is 0.381 e. The molecule has 1 unspecified atom stereocenters. The van der Waals surface area contributed by atoms with Crippen LogP contribution in [0.4, 0.5) is 0 Å². The van der Waals surface area contributed by atoms with Gasteiger partial charge in [0.2, 0.25) is 5.91 Å². The lowest BCUT2D eigenvalue weighted by Gasteiger charge is -2.40. The monoisotopic (exact) mass is 449 g/mol. The highest BCUT2D eigenvalue weighted by atomic mass is 16.3. The number of benzene rings is 2. The summed E-state index contributed by atoms with van der Waals surface area (Å²) in [6.07, 6.45) is 4.43. The van der Waals surface area contributed by atoms with Crippen molar-refractivity contribution in [1.29, 1.82) is 0 Å². The molecule has 33 heavy (non-hydrogen) atoms. The van der Waals surface area contributed by atoms with Gasteiger partial charge in [-0.15, -0.1) is 0 Å². The van der Waals surface area contributed by atoms with Gasteiger partial charge in [-0.25, -0.2) is 0 Å². The molecule has 4 rings (SSSR count). The number of hydrogen-bond donors (Lipinski definition) is 2. The predicted octanol–water partition coefficient (Wildman–Crippen LogP) is 3.30. The normalized spacial score (nSPS) is 22.8. The molecule has 2 aliphatic rings. The Morgan fingerprint density at radius 1 is 1.06 bits per heavy atom. The molecule has 6 heteroatoms. The van der Waals surface area contributed by atoms with Crippen molar-refractivity contribution in [2.24, 2.45) is 5.73 Å². The SMILES string of the molecule is CC(C)(O)C(=O)N(CCN1[C@@H]2CC[C@H]1CC(c1cccc(C(N)=O)c1)C2)Cc1ccccc1. The van der Waals surface area contributed by atoms with Crippen molar-refractivity contribution in [2.45, 2.75) is 69.7 Å². The third-order valence-corrected chi connectivity index (χ3v) is 7.18. The van der Waals surface area contributed by atoms with Crippen LogP contribution in [0.2, 0.25) is 0 Å². The Morgan fingerprint density at radius 3 is 2.33 bits per heavy atom. The molecule has 0 aromatic heterocycles. The van der Waals surface area contributed by atoms with E-state index in [-0.39, 0.29) is 11.8 Å². The van der Waals surface area contributed by atoms with Crippen molar-refractivity contribution in [3.8, 4) is 0 Å². The standard InChI is InChI=1S/C27H35N3O3/c1-27(2,33)26(32)29(18-19-7-4-3-5-8-19)13-14-30-23-11-12-24(30)17-22(16-23)20-9-6-10-21(15-20)25(28)31/h3-10,15,22-24,33H,11-14,16-18H2,1-2H3,(H2,28,31)/t22?,23-,24+. The lowest BCUT2D eigenvalue weighted by atomic mass is 9.84. The van der Waals surface area contributed by atoms with E-state index in [4.69, 9.17) is 5.73 Å². The first kappa shape index (κ1) is 23.5. The molecule has 2 fully saturated rings.